The second-order valence-corrected chi connectivity index (χ2v) is 9.51. The summed E-state index contributed by atoms with van der Waals surface area (Å²) in [5.74, 6) is -1.41. The molecule has 190 valence electrons. The Hall–Kier alpha value is -4.98. The number of amidine groups is 1. The lowest BCUT2D eigenvalue weighted by molar-refractivity contribution is -0.133. The lowest BCUT2D eigenvalue weighted by Crippen LogP contribution is -2.43. The largest absolute Gasteiger partial charge is 0.478 e. The number of carboxylic acids is 1. The molecule has 4 aromatic carbocycles. The van der Waals surface area contributed by atoms with Crippen LogP contribution >= 0.6 is 0 Å². The van der Waals surface area contributed by atoms with Crippen LogP contribution in [0.25, 0.3) is 10.8 Å². The molecule has 38 heavy (non-hydrogen) atoms. The van der Waals surface area contributed by atoms with Gasteiger partial charge in [0.25, 0.3) is 5.91 Å². The smallest absolute Gasteiger partial charge is 0.335 e. The molecule has 4 aromatic rings. The van der Waals surface area contributed by atoms with E-state index in [-0.39, 0.29) is 30.4 Å². The van der Waals surface area contributed by atoms with Crippen molar-refractivity contribution in [1.82, 2.24) is 9.80 Å². The van der Waals surface area contributed by atoms with E-state index in [1.807, 2.05) is 60.7 Å². The average molecular weight is 507 g/mol. The number of urea groups is 1. The fourth-order valence-corrected chi connectivity index (χ4v) is 4.89. The highest BCUT2D eigenvalue weighted by atomic mass is 16.4. The first-order chi connectivity index (χ1) is 18.2. The number of rotatable bonds is 7. The third-order valence-electron chi connectivity index (χ3n) is 7.10. The summed E-state index contributed by atoms with van der Waals surface area (Å²) in [5.41, 5.74) is 7.31. The summed E-state index contributed by atoms with van der Waals surface area (Å²) >= 11 is 0. The number of fused-ring (bicyclic) bond motifs is 1. The van der Waals surface area contributed by atoms with Crippen molar-refractivity contribution in [3.05, 3.63) is 119 Å². The van der Waals surface area contributed by atoms with Crippen molar-refractivity contribution in [2.24, 2.45) is 5.73 Å². The summed E-state index contributed by atoms with van der Waals surface area (Å²) in [6.07, 6.45) is 0. The molecule has 1 saturated heterocycles. The molecule has 1 aliphatic heterocycles. The van der Waals surface area contributed by atoms with Crippen molar-refractivity contribution >= 4 is 34.5 Å². The van der Waals surface area contributed by atoms with Crippen molar-refractivity contribution in [3.63, 3.8) is 0 Å². The number of amides is 3. The van der Waals surface area contributed by atoms with Crippen LogP contribution in [0.1, 0.15) is 39.5 Å². The molecule has 1 fully saturated rings. The lowest BCUT2D eigenvalue weighted by atomic mass is 9.90. The molecule has 8 nitrogen and oxygen atoms in total. The second-order valence-electron chi connectivity index (χ2n) is 9.51. The van der Waals surface area contributed by atoms with E-state index >= 15 is 0 Å². The Kier molecular flexibility index (Phi) is 6.16. The van der Waals surface area contributed by atoms with Crippen molar-refractivity contribution in [2.75, 3.05) is 0 Å². The van der Waals surface area contributed by atoms with E-state index < -0.39 is 17.5 Å². The minimum Gasteiger partial charge on any atom is -0.478 e. The maximum Gasteiger partial charge on any atom is 0.335 e. The molecule has 5 rings (SSSR count). The molecular weight excluding hydrogens is 480 g/mol. The molecule has 0 spiro atoms. The molecular formula is C30H26N4O4. The summed E-state index contributed by atoms with van der Waals surface area (Å²) in [6.45, 7) is 1.95. The number of carboxylic acid groups (broad SMARTS) is 1. The van der Waals surface area contributed by atoms with Crippen molar-refractivity contribution in [3.8, 4) is 0 Å². The number of nitrogens with one attached hydrogen (secondary N) is 1. The summed E-state index contributed by atoms with van der Waals surface area (Å²) in [7, 11) is 0. The highest BCUT2D eigenvalue weighted by molar-refractivity contribution is 6.07. The van der Waals surface area contributed by atoms with Crippen LogP contribution in [0.15, 0.2) is 91.0 Å². The number of imide groups is 1. The fraction of sp³-hybridized carbons (Fsp3) is 0.133. The molecule has 0 aromatic heterocycles. The quantitative estimate of drug-likeness (QED) is 0.190. The number of nitrogens with zero attached hydrogens (tertiary/aromatic N) is 2. The summed E-state index contributed by atoms with van der Waals surface area (Å²) in [5, 5.41) is 18.7. The number of aromatic carboxylic acids is 1. The molecule has 1 heterocycles. The van der Waals surface area contributed by atoms with Crippen LogP contribution in [-0.4, -0.2) is 38.6 Å². The number of carbonyl (C=O) groups is 3. The molecule has 8 heteroatoms. The number of nitrogens with two attached hydrogens (primary N) is 1. The zero-order chi connectivity index (χ0) is 27.0. The van der Waals surface area contributed by atoms with Crippen LogP contribution in [0.5, 0.6) is 0 Å². The highest BCUT2D eigenvalue weighted by Crippen LogP contribution is 2.39. The molecule has 1 unspecified atom stereocenters. The minimum atomic E-state index is -1.25. The molecule has 1 atom stereocenters. The minimum absolute atomic E-state index is 0.0344. The van der Waals surface area contributed by atoms with Crippen LogP contribution < -0.4 is 5.73 Å². The molecule has 0 bridgehead atoms. The fourth-order valence-electron chi connectivity index (χ4n) is 4.89. The van der Waals surface area contributed by atoms with E-state index in [1.165, 1.54) is 21.9 Å². The second kappa shape index (κ2) is 9.48. The van der Waals surface area contributed by atoms with E-state index in [1.54, 1.807) is 25.1 Å². The molecule has 0 saturated carbocycles. The molecule has 4 N–H and O–H groups in total. The molecule has 0 aliphatic carbocycles. The monoisotopic (exact) mass is 506 g/mol. The van der Waals surface area contributed by atoms with Gasteiger partial charge in [0.1, 0.15) is 11.4 Å². The third kappa shape index (κ3) is 4.26. The van der Waals surface area contributed by atoms with Crippen molar-refractivity contribution in [2.45, 2.75) is 25.6 Å². The van der Waals surface area contributed by atoms with Crippen LogP contribution in [0.2, 0.25) is 0 Å². The molecule has 0 radical (unpaired) electrons. The van der Waals surface area contributed by atoms with Gasteiger partial charge in [0.2, 0.25) is 0 Å². The number of benzene rings is 4. The van der Waals surface area contributed by atoms with Gasteiger partial charge in [-0.05, 0) is 58.7 Å². The maximum absolute atomic E-state index is 13.9. The first-order valence-electron chi connectivity index (χ1n) is 12.1. The van der Waals surface area contributed by atoms with Gasteiger partial charge in [0.05, 0.1) is 12.1 Å². The summed E-state index contributed by atoms with van der Waals surface area (Å²) in [4.78, 5) is 41.8. The topological polar surface area (TPSA) is 128 Å². The maximum atomic E-state index is 13.9. The van der Waals surface area contributed by atoms with Gasteiger partial charge in [-0.1, -0.05) is 66.7 Å². The Morgan fingerprint density at radius 3 is 2.13 bits per heavy atom. The van der Waals surface area contributed by atoms with Gasteiger partial charge in [0, 0.05) is 12.1 Å². The molecule has 1 aliphatic rings. The Morgan fingerprint density at radius 1 is 0.842 bits per heavy atom. The number of carbonyl (C=O) groups excluding carboxylic acids is 2. The summed E-state index contributed by atoms with van der Waals surface area (Å²) < 4.78 is 0. The van der Waals surface area contributed by atoms with E-state index in [2.05, 4.69) is 0 Å². The van der Waals surface area contributed by atoms with Gasteiger partial charge in [-0.3, -0.25) is 15.1 Å². The zero-order valence-corrected chi connectivity index (χ0v) is 20.7. The van der Waals surface area contributed by atoms with E-state index in [0.29, 0.717) is 16.7 Å². The van der Waals surface area contributed by atoms with Gasteiger partial charge in [0.15, 0.2) is 0 Å². The predicted octanol–water partition coefficient (Wildman–Crippen LogP) is 4.70. The van der Waals surface area contributed by atoms with Gasteiger partial charge in [-0.2, -0.15) is 0 Å². The van der Waals surface area contributed by atoms with E-state index in [0.717, 1.165) is 16.3 Å². The number of hydrogen-bond donors (Lipinski definition) is 3. The number of hydrogen-bond acceptors (Lipinski definition) is 4. The normalized spacial score (nSPS) is 17.3. The SMILES string of the molecule is CC1(c2ccccc2)C(=O)N(Cc2ccc3ccc(C(=N)N)cc3c2)C(=O)N1Cc1ccc(C(=O)O)cc1. The zero-order valence-electron chi connectivity index (χ0n) is 20.7. The Balaban J connectivity index is 1.51. The van der Waals surface area contributed by atoms with Gasteiger partial charge < -0.3 is 15.7 Å². The van der Waals surface area contributed by atoms with Crippen LogP contribution in [-0.2, 0) is 23.4 Å². The predicted molar refractivity (Wildman–Crippen MR) is 144 cm³/mol. The number of nitrogen functional groups attached to an aromatic ring is 1. The third-order valence-corrected chi connectivity index (χ3v) is 7.10. The molecule has 3 amide bonds. The Labute approximate surface area is 219 Å². The highest BCUT2D eigenvalue weighted by Gasteiger charge is 2.55. The van der Waals surface area contributed by atoms with Crippen LogP contribution in [0, 0.1) is 5.41 Å². The van der Waals surface area contributed by atoms with Crippen LogP contribution in [0.3, 0.4) is 0 Å². The van der Waals surface area contributed by atoms with E-state index in [9.17, 15) is 19.5 Å². The van der Waals surface area contributed by atoms with Crippen molar-refractivity contribution < 1.29 is 19.5 Å². The standard InChI is InChI=1S/C30H26N4O4/c1-30(25-5-3-2-4-6-25)28(37)33(29(38)34(30)18-19-7-11-22(12-8-19)27(35)36)17-20-9-10-21-13-14-23(26(31)32)16-24(21)15-20/h2-16H,17-18H2,1H3,(H3,31,32)(H,35,36). The Morgan fingerprint density at radius 2 is 1.47 bits per heavy atom. The first-order valence-corrected chi connectivity index (χ1v) is 12.1. The van der Waals surface area contributed by atoms with Gasteiger partial charge in [-0.25, -0.2) is 9.59 Å². The van der Waals surface area contributed by atoms with E-state index in [4.69, 9.17) is 11.1 Å². The van der Waals surface area contributed by atoms with Gasteiger partial charge in [-0.15, -0.1) is 0 Å². The first kappa shape index (κ1) is 24.7. The average Bonchev–Trinajstić information content (AvgIpc) is 3.10. The lowest BCUT2D eigenvalue weighted by Gasteiger charge is -2.32. The van der Waals surface area contributed by atoms with Crippen molar-refractivity contribution in [1.29, 1.82) is 5.41 Å². The summed E-state index contributed by atoms with van der Waals surface area (Å²) in [6, 6.07) is 26.2. The Bertz CT molecular complexity index is 1580. The van der Waals surface area contributed by atoms with Gasteiger partial charge >= 0.3 is 12.0 Å². The van der Waals surface area contributed by atoms with Crippen LogP contribution in [0.4, 0.5) is 4.79 Å².